The SMILES string of the molecule is Cc1cccc([C@@H](C)NCC2(O)CCCC2)c1. The highest BCUT2D eigenvalue weighted by atomic mass is 16.3. The second-order valence-electron chi connectivity index (χ2n) is 5.45. The monoisotopic (exact) mass is 233 g/mol. The first-order valence-electron chi connectivity index (χ1n) is 6.61. The average Bonchev–Trinajstić information content (AvgIpc) is 2.74. The van der Waals surface area contributed by atoms with Crippen molar-refractivity contribution in [3.63, 3.8) is 0 Å². The molecular formula is C15H23NO. The molecular weight excluding hydrogens is 210 g/mol. The van der Waals surface area contributed by atoms with E-state index in [2.05, 4.69) is 43.4 Å². The second-order valence-corrected chi connectivity index (χ2v) is 5.45. The molecule has 1 fully saturated rings. The van der Waals surface area contributed by atoms with E-state index >= 15 is 0 Å². The first-order chi connectivity index (χ1) is 8.09. The maximum Gasteiger partial charge on any atom is 0.0771 e. The van der Waals surface area contributed by atoms with Crippen molar-refractivity contribution in [1.29, 1.82) is 0 Å². The predicted molar refractivity (Wildman–Crippen MR) is 71.0 cm³/mol. The molecule has 1 aromatic rings. The van der Waals surface area contributed by atoms with Gasteiger partial charge in [-0.15, -0.1) is 0 Å². The topological polar surface area (TPSA) is 32.3 Å². The summed E-state index contributed by atoms with van der Waals surface area (Å²) < 4.78 is 0. The lowest BCUT2D eigenvalue weighted by atomic mass is 10.0. The lowest BCUT2D eigenvalue weighted by molar-refractivity contribution is 0.0453. The van der Waals surface area contributed by atoms with E-state index in [4.69, 9.17) is 0 Å². The van der Waals surface area contributed by atoms with Gasteiger partial charge in [0.15, 0.2) is 0 Å². The van der Waals surface area contributed by atoms with Crippen LogP contribution in [0.4, 0.5) is 0 Å². The molecule has 1 atom stereocenters. The maximum atomic E-state index is 10.3. The summed E-state index contributed by atoms with van der Waals surface area (Å²) in [6.07, 6.45) is 4.22. The van der Waals surface area contributed by atoms with Crippen molar-refractivity contribution in [3.05, 3.63) is 35.4 Å². The summed E-state index contributed by atoms with van der Waals surface area (Å²) in [5.74, 6) is 0. The highest BCUT2D eigenvalue weighted by Gasteiger charge is 2.30. The maximum absolute atomic E-state index is 10.3. The fraction of sp³-hybridized carbons (Fsp3) is 0.600. The molecule has 0 radical (unpaired) electrons. The smallest absolute Gasteiger partial charge is 0.0771 e. The number of hydrogen-bond donors (Lipinski definition) is 2. The van der Waals surface area contributed by atoms with Crippen LogP contribution in [0.2, 0.25) is 0 Å². The van der Waals surface area contributed by atoms with Gasteiger partial charge in [-0.2, -0.15) is 0 Å². The Hall–Kier alpha value is -0.860. The van der Waals surface area contributed by atoms with E-state index in [-0.39, 0.29) is 0 Å². The van der Waals surface area contributed by atoms with E-state index in [0.29, 0.717) is 12.6 Å². The number of aryl methyl sites for hydroxylation is 1. The van der Waals surface area contributed by atoms with Gasteiger partial charge in [-0.3, -0.25) is 0 Å². The summed E-state index contributed by atoms with van der Waals surface area (Å²) in [4.78, 5) is 0. The summed E-state index contributed by atoms with van der Waals surface area (Å²) >= 11 is 0. The molecule has 94 valence electrons. The minimum atomic E-state index is -0.460. The van der Waals surface area contributed by atoms with Crippen LogP contribution in [0, 0.1) is 6.92 Å². The van der Waals surface area contributed by atoms with Gasteiger partial charge in [0.2, 0.25) is 0 Å². The van der Waals surface area contributed by atoms with Gasteiger partial charge >= 0.3 is 0 Å². The van der Waals surface area contributed by atoms with Gasteiger partial charge in [0, 0.05) is 12.6 Å². The van der Waals surface area contributed by atoms with Crippen LogP contribution in [0.25, 0.3) is 0 Å². The van der Waals surface area contributed by atoms with Gasteiger partial charge in [0.25, 0.3) is 0 Å². The average molecular weight is 233 g/mol. The summed E-state index contributed by atoms with van der Waals surface area (Å²) in [6, 6.07) is 8.85. The molecule has 1 saturated carbocycles. The van der Waals surface area contributed by atoms with E-state index in [9.17, 15) is 5.11 Å². The number of hydrogen-bond acceptors (Lipinski definition) is 2. The minimum Gasteiger partial charge on any atom is -0.389 e. The zero-order valence-corrected chi connectivity index (χ0v) is 10.9. The molecule has 1 aliphatic rings. The van der Waals surface area contributed by atoms with E-state index in [1.165, 1.54) is 11.1 Å². The van der Waals surface area contributed by atoms with Crippen molar-refractivity contribution in [2.75, 3.05) is 6.54 Å². The standard InChI is InChI=1S/C15H23NO/c1-12-6-5-7-14(10-12)13(2)16-11-15(17)8-3-4-9-15/h5-7,10,13,16-17H,3-4,8-9,11H2,1-2H3/t13-/m1/s1. The van der Waals surface area contributed by atoms with Crippen molar-refractivity contribution >= 4 is 0 Å². The molecule has 0 spiro atoms. The predicted octanol–water partition coefficient (Wildman–Crippen LogP) is 2.95. The Labute approximate surface area is 104 Å². The number of nitrogens with one attached hydrogen (secondary N) is 1. The molecule has 2 nitrogen and oxygen atoms in total. The van der Waals surface area contributed by atoms with E-state index in [1.54, 1.807) is 0 Å². The Morgan fingerprint density at radius 2 is 2.06 bits per heavy atom. The largest absolute Gasteiger partial charge is 0.389 e. The summed E-state index contributed by atoms with van der Waals surface area (Å²) in [6.45, 7) is 4.98. The van der Waals surface area contributed by atoms with Crippen LogP contribution in [-0.4, -0.2) is 17.3 Å². The third kappa shape index (κ3) is 3.30. The molecule has 0 aromatic heterocycles. The Balaban J connectivity index is 1.91. The number of aliphatic hydroxyl groups is 1. The molecule has 1 aromatic carbocycles. The highest BCUT2D eigenvalue weighted by molar-refractivity contribution is 5.24. The molecule has 0 bridgehead atoms. The van der Waals surface area contributed by atoms with E-state index in [0.717, 1.165) is 25.7 Å². The zero-order chi connectivity index (χ0) is 12.3. The fourth-order valence-corrected chi connectivity index (χ4v) is 2.61. The molecule has 0 saturated heterocycles. The zero-order valence-electron chi connectivity index (χ0n) is 10.9. The molecule has 0 heterocycles. The van der Waals surface area contributed by atoms with Gasteiger partial charge in [0.05, 0.1) is 5.60 Å². The van der Waals surface area contributed by atoms with Gasteiger partial charge in [0.1, 0.15) is 0 Å². The molecule has 2 rings (SSSR count). The number of rotatable bonds is 4. The number of benzene rings is 1. The van der Waals surface area contributed by atoms with Crippen molar-refractivity contribution in [2.24, 2.45) is 0 Å². The summed E-state index contributed by atoms with van der Waals surface area (Å²) in [5, 5.41) is 13.7. The molecule has 0 unspecified atom stereocenters. The van der Waals surface area contributed by atoms with Crippen molar-refractivity contribution in [3.8, 4) is 0 Å². The molecule has 0 aliphatic heterocycles. The highest BCUT2D eigenvalue weighted by Crippen LogP contribution is 2.29. The van der Waals surface area contributed by atoms with Gasteiger partial charge < -0.3 is 10.4 Å². The van der Waals surface area contributed by atoms with Gasteiger partial charge in [-0.25, -0.2) is 0 Å². The quantitative estimate of drug-likeness (QED) is 0.838. The van der Waals surface area contributed by atoms with Crippen LogP contribution in [-0.2, 0) is 0 Å². The first kappa shape index (κ1) is 12.6. The van der Waals surface area contributed by atoms with Crippen LogP contribution in [0.3, 0.4) is 0 Å². The molecule has 1 aliphatic carbocycles. The van der Waals surface area contributed by atoms with E-state index < -0.39 is 5.60 Å². The third-order valence-electron chi connectivity index (χ3n) is 3.81. The van der Waals surface area contributed by atoms with Gasteiger partial charge in [-0.1, -0.05) is 42.7 Å². The van der Waals surface area contributed by atoms with Crippen LogP contribution >= 0.6 is 0 Å². The van der Waals surface area contributed by atoms with E-state index in [1.807, 2.05) is 0 Å². The van der Waals surface area contributed by atoms with Gasteiger partial charge in [-0.05, 0) is 32.3 Å². The first-order valence-corrected chi connectivity index (χ1v) is 6.61. The molecule has 17 heavy (non-hydrogen) atoms. The molecule has 2 heteroatoms. The third-order valence-corrected chi connectivity index (χ3v) is 3.81. The Morgan fingerprint density at radius 1 is 1.35 bits per heavy atom. The minimum absolute atomic E-state index is 0.305. The Bertz CT molecular complexity index is 369. The van der Waals surface area contributed by atoms with Crippen molar-refractivity contribution in [2.45, 2.75) is 51.2 Å². The van der Waals surface area contributed by atoms with Crippen molar-refractivity contribution < 1.29 is 5.11 Å². The normalized spacial score (nSPS) is 20.4. The van der Waals surface area contributed by atoms with Crippen LogP contribution in [0.5, 0.6) is 0 Å². The molecule has 0 amide bonds. The van der Waals surface area contributed by atoms with Crippen LogP contribution in [0.1, 0.15) is 49.8 Å². The fourth-order valence-electron chi connectivity index (χ4n) is 2.61. The Kier molecular flexibility index (Phi) is 3.85. The van der Waals surface area contributed by atoms with Crippen molar-refractivity contribution in [1.82, 2.24) is 5.32 Å². The summed E-state index contributed by atoms with van der Waals surface area (Å²) in [7, 11) is 0. The second kappa shape index (κ2) is 5.19. The molecule has 2 N–H and O–H groups in total. The Morgan fingerprint density at radius 3 is 2.71 bits per heavy atom. The lowest BCUT2D eigenvalue weighted by Gasteiger charge is -2.25. The lowest BCUT2D eigenvalue weighted by Crippen LogP contribution is -2.39. The summed E-state index contributed by atoms with van der Waals surface area (Å²) in [5.41, 5.74) is 2.13. The van der Waals surface area contributed by atoms with Crippen LogP contribution < -0.4 is 5.32 Å². The van der Waals surface area contributed by atoms with Crippen LogP contribution in [0.15, 0.2) is 24.3 Å².